The van der Waals surface area contributed by atoms with Gasteiger partial charge in [-0.05, 0) is 68.8 Å². The van der Waals surface area contributed by atoms with E-state index in [9.17, 15) is 4.79 Å². The molecule has 1 aromatic heterocycles. The quantitative estimate of drug-likeness (QED) is 0.626. The molecule has 1 fully saturated rings. The number of para-hydroxylation sites is 1. The highest BCUT2D eigenvalue weighted by Crippen LogP contribution is 2.31. The molecule has 0 spiro atoms. The van der Waals surface area contributed by atoms with Crippen LogP contribution in [0.4, 0.5) is 0 Å². The predicted octanol–water partition coefficient (Wildman–Crippen LogP) is 4.15. The number of aromatic nitrogens is 2. The number of piperidine rings is 1. The molecule has 3 aromatic rings. The van der Waals surface area contributed by atoms with Gasteiger partial charge in [0.25, 0.3) is 5.91 Å². The minimum Gasteiger partial charge on any atom is -0.496 e. The summed E-state index contributed by atoms with van der Waals surface area (Å²) in [6.07, 6.45) is 7.43. The summed E-state index contributed by atoms with van der Waals surface area (Å²) in [7, 11) is 1.70. The molecular formula is C25H30N4O2. The first-order chi connectivity index (χ1) is 15.2. The minimum atomic E-state index is -0.0693. The second-order valence-electron chi connectivity index (χ2n) is 8.07. The van der Waals surface area contributed by atoms with Crippen molar-refractivity contribution in [1.82, 2.24) is 20.0 Å². The zero-order valence-corrected chi connectivity index (χ0v) is 18.3. The van der Waals surface area contributed by atoms with Crippen LogP contribution in [0.5, 0.6) is 5.75 Å². The van der Waals surface area contributed by atoms with Gasteiger partial charge in [-0.15, -0.1) is 0 Å². The SMILES string of the molecule is COc1ccccc1C(CNC(=O)c1ccc(-n2cc(C)cn2)cc1)N1CCCCC1. The van der Waals surface area contributed by atoms with Gasteiger partial charge in [0.15, 0.2) is 0 Å². The molecule has 1 amide bonds. The van der Waals surface area contributed by atoms with Crippen LogP contribution in [-0.2, 0) is 0 Å². The molecule has 2 heterocycles. The number of nitrogens with zero attached hydrogens (tertiary/aromatic N) is 3. The molecule has 1 aliphatic heterocycles. The lowest BCUT2D eigenvalue weighted by Crippen LogP contribution is -2.40. The van der Waals surface area contributed by atoms with Gasteiger partial charge in [0.1, 0.15) is 5.75 Å². The average Bonchev–Trinajstić information content (AvgIpc) is 3.26. The van der Waals surface area contributed by atoms with Crippen LogP contribution in [0.1, 0.15) is 46.8 Å². The standard InChI is InChI=1S/C25H30N4O2/c1-19-16-27-29(18-19)21-12-10-20(11-13-21)25(30)26-17-23(28-14-6-3-7-15-28)22-8-4-5-9-24(22)31-2/h4-5,8-13,16,18,23H,3,6-7,14-15,17H2,1-2H3,(H,26,30). The van der Waals surface area contributed by atoms with Crippen molar-refractivity contribution in [2.24, 2.45) is 0 Å². The van der Waals surface area contributed by atoms with Gasteiger partial charge in [-0.2, -0.15) is 5.10 Å². The number of rotatable bonds is 7. The van der Waals surface area contributed by atoms with Crippen molar-refractivity contribution in [3.05, 3.63) is 77.6 Å². The first-order valence-electron chi connectivity index (χ1n) is 10.9. The molecule has 1 aliphatic rings. The number of benzene rings is 2. The maximum absolute atomic E-state index is 12.9. The maximum Gasteiger partial charge on any atom is 0.251 e. The van der Waals surface area contributed by atoms with Gasteiger partial charge < -0.3 is 10.1 Å². The number of carbonyl (C=O) groups excluding carboxylic acids is 1. The van der Waals surface area contributed by atoms with Gasteiger partial charge in [-0.3, -0.25) is 9.69 Å². The summed E-state index contributed by atoms with van der Waals surface area (Å²) in [4.78, 5) is 15.3. The molecule has 0 saturated carbocycles. The lowest BCUT2D eigenvalue weighted by molar-refractivity contribution is 0.0923. The lowest BCUT2D eigenvalue weighted by Gasteiger charge is -2.35. The number of aryl methyl sites for hydroxylation is 1. The Bertz CT molecular complexity index is 1010. The topological polar surface area (TPSA) is 59.4 Å². The van der Waals surface area contributed by atoms with Crippen LogP contribution in [0, 0.1) is 6.92 Å². The lowest BCUT2D eigenvalue weighted by atomic mass is 10.0. The Labute approximate surface area is 183 Å². The van der Waals surface area contributed by atoms with Crippen LogP contribution >= 0.6 is 0 Å². The third-order valence-corrected chi connectivity index (χ3v) is 5.89. The maximum atomic E-state index is 12.9. The molecule has 0 bridgehead atoms. The van der Waals surface area contributed by atoms with Gasteiger partial charge in [0.2, 0.25) is 0 Å². The van der Waals surface area contributed by atoms with Crippen LogP contribution in [0.25, 0.3) is 5.69 Å². The molecule has 6 heteroatoms. The summed E-state index contributed by atoms with van der Waals surface area (Å²) in [6.45, 7) is 4.62. The Balaban J connectivity index is 1.48. The normalized spacial score (nSPS) is 15.4. The van der Waals surface area contributed by atoms with Crippen LogP contribution < -0.4 is 10.1 Å². The second-order valence-corrected chi connectivity index (χ2v) is 8.07. The summed E-state index contributed by atoms with van der Waals surface area (Å²) in [5.41, 5.74) is 3.80. The number of hydrogen-bond donors (Lipinski definition) is 1. The van der Waals surface area contributed by atoms with E-state index in [0.717, 1.165) is 35.7 Å². The number of amides is 1. The van der Waals surface area contributed by atoms with Crippen molar-refractivity contribution >= 4 is 5.91 Å². The number of hydrogen-bond acceptors (Lipinski definition) is 4. The summed E-state index contributed by atoms with van der Waals surface area (Å²) in [5.74, 6) is 0.797. The van der Waals surface area contributed by atoms with Crippen molar-refractivity contribution < 1.29 is 9.53 Å². The molecule has 4 rings (SSSR count). The van der Waals surface area contributed by atoms with E-state index in [4.69, 9.17) is 4.74 Å². The highest BCUT2D eigenvalue weighted by Gasteiger charge is 2.25. The fraction of sp³-hybridized carbons (Fsp3) is 0.360. The van der Waals surface area contributed by atoms with Crippen LogP contribution in [-0.4, -0.2) is 47.3 Å². The van der Waals surface area contributed by atoms with Crippen LogP contribution in [0.2, 0.25) is 0 Å². The number of likely N-dealkylation sites (tertiary alicyclic amines) is 1. The summed E-state index contributed by atoms with van der Waals surface area (Å²) in [6, 6.07) is 15.7. The van der Waals surface area contributed by atoms with E-state index in [2.05, 4.69) is 21.4 Å². The largest absolute Gasteiger partial charge is 0.496 e. The number of ether oxygens (including phenoxy) is 1. The molecule has 0 aliphatic carbocycles. The summed E-state index contributed by atoms with van der Waals surface area (Å²) >= 11 is 0. The second kappa shape index (κ2) is 9.79. The Morgan fingerprint density at radius 1 is 1.10 bits per heavy atom. The van der Waals surface area contributed by atoms with Crippen LogP contribution in [0.3, 0.4) is 0 Å². The Kier molecular flexibility index (Phi) is 6.67. The number of nitrogens with one attached hydrogen (secondary N) is 1. The van der Waals surface area contributed by atoms with Gasteiger partial charge in [0, 0.05) is 23.9 Å². The van der Waals surface area contributed by atoms with E-state index in [1.54, 1.807) is 7.11 Å². The Hall–Kier alpha value is -3.12. The van der Waals surface area contributed by atoms with Crippen LogP contribution in [0.15, 0.2) is 60.9 Å². The van der Waals surface area contributed by atoms with Crippen molar-refractivity contribution in [3.8, 4) is 11.4 Å². The van der Waals surface area contributed by atoms with Gasteiger partial charge >= 0.3 is 0 Å². The number of methoxy groups -OCH3 is 1. The van der Waals surface area contributed by atoms with Gasteiger partial charge in [-0.1, -0.05) is 24.6 Å². The molecule has 1 N–H and O–H groups in total. The monoisotopic (exact) mass is 418 g/mol. The van der Waals surface area contributed by atoms with Gasteiger partial charge in [-0.25, -0.2) is 4.68 Å². The Morgan fingerprint density at radius 2 is 1.84 bits per heavy atom. The fourth-order valence-electron chi connectivity index (χ4n) is 4.22. The average molecular weight is 419 g/mol. The fourth-order valence-corrected chi connectivity index (χ4v) is 4.22. The molecule has 1 atom stereocenters. The smallest absolute Gasteiger partial charge is 0.251 e. The molecular weight excluding hydrogens is 388 g/mol. The van der Waals surface area contributed by atoms with E-state index < -0.39 is 0 Å². The number of carbonyl (C=O) groups is 1. The molecule has 162 valence electrons. The van der Waals surface area contributed by atoms with E-state index >= 15 is 0 Å². The first kappa shape index (κ1) is 21.1. The molecule has 2 aromatic carbocycles. The third kappa shape index (κ3) is 4.97. The Morgan fingerprint density at radius 3 is 2.52 bits per heavy atom. The van der Waals surface area contributed by atoms with E-state index in [1.807, 2.05) is 66.5 Å². The zero-order chi connectivity index (χ0) is 21.6. The molecule has 31 heavy (non-hydrogen) atoms. The highest BCUT2D eigenvalue weighted by molar-refractivity contribution is 5.94. The molecule has 1 unspecified atom stereocenters. The van der Waals surface area contributed by atoms with E-state index in [1.165, 1.54) is 19.3 Å². The van der Waals surface area contributed by atoms with Crippen molar-refractivity contribution in [2.75, 3.05) is 26.7 Å². The summed E-state index contributed by atoms with van der Waals surface area (Å²) in [5, 5.41) is 7.47. The minimum absolute atomic E-state index is 0.0693. The van der Waals surface area contributed by atoms with Crippen molar-refractivity contribution in [1.29, 1.82) is 0 Å². The molecule has 0 radical (unpaired) electrons. The predicted molar refractivity (Wildman–Crippen MR) is 122 cm³/mol. The molecule has 1 saturated heterocycles. The zero-order valence-electron chi connectivity index (χ0n) is 18.3. The van der Waals surface area contributed by atoms with Gasteiger partial charge in [0.05, 0.1) is 25.0 Å². The highest BCUT2D eigenvalue weighted by atomic mass is 16.5. The third-order valence-electron chi connectivity index (χ3n) is 5.89. The van der Waals surface area contributed by atoms with E-state index in [0.29, 0.717) is 12.1 Å². The van der Waals surface area contributed by atoms with E-state index in [-0.39, 0.29) is 11.9 Å². The molecule has 6 nitrogen and oxygen atoms in total. The summed E-state index contributed by atoms with van der Waals surface area (Å²) < 4.78 is 7.43. The van der Waals surface area contributed by atoms with Crippen molar-refractivity contribution in [2.45, 2.75) is 32.2 Å². The first-order valence-corrected chi connectivity index (χ1v) is 10.9. The van der Waals surface area contributed by atoms with Crippen molar-refractivity contribution in [3.63, 3.8) is 0 Å².